The van der Waals surface area contributed by atoms with Crippen LogP contribution in [0, 0.1) is 5.82 Å². The summed E-state index contributed by atoms with van der Waals surface area (Å²) in [6.45, 7) is 0.587. The Morgan fingerprint density at radius 3 is 2.65 bits per heavy atom. The Bertz CT molecular complexity index is 576. The second-order valence-corrected chi connectivity index (χ2v) is 4.20. The maximum Gasteiger partial charge on any atom is 0.165 e. The van der Waals surface area contributed by atoms with Gasteiger partial charge in [0.15, 0.2) is 23.1 Å². The van der Waals surface area contributed by atoms with E-state index < -0.39 is 0 Å². The number of halogens is 1. The number of anilines is 1. The number of ether oxygens (including phenoxy) is 2. The highest BCUT2D eigenvalue weighted by Crippen LogP contribution is 2.27. The zero-order valence-corrected chi connectivity index (χ0v) is 11.5. The molecule has 5 heteroatoms. The van der Waals surface area contributed by atoms with E-state index in [9.17, 15) is 4.39 Å². The number of nitrogens with one attached hydrogen (secondary N) is 1. The highest BCUT2D eigenvalue weighted by Gasteiger charge is 2.05. The predicted molar refractivity (Wildman–Crippen MR) is 75.9 cm³/mol. The van der Waals surface area contributed by atoms with Crippen molar-refractivity contribution in [1.29, 1.82) is 0 Å². The van der Waals surface area contributed by atoms with Crippen LogP contribution in [0.2, 0.25) is 0 Å². The van der Waals surface area contributed by atoms with E-state index in [1.54, 1.807) is 26.5 Å². The number of methoxy groups -OCH3 is 2. The van der Waals surface area contributed by atoms with Gasteiger partial charge < -0.3 is 14.8 Å². The Balaban J connectivity index is 1.96. The summed E-state index contributed by atoms with van der Waals surface area (Å²) in [7, 11) is 3.20. The summed E-state index contributed by atoms with van der Waals surface area (Å²) in [6, 6.07) is 8.67. The van der Waals surface area contributed by atoms with E-state index in [-0.39, 0.29) is 11.6 Å². The van der Waals surface area contributed by atoms with Gasteiger partial charge in [0.25, 0.3) is 0 Å². The third kappa shape index (κ3) is 3.38. The van der Waals surface area contributed by atoms with Crippen LogP contribution in [0.5, 0.6) is 11.5 Å². The highest BCUT2D eigenvalue weighted by atomic mass is 19.1. The van der Waals surface area contributed by atoms with Crippen LogP contribution < -0.4 is 14.8 Å². The van der Waals surface area contributed by atoms with Gasteiger partial charge in [-0.3, -0.25) is 0 Å². The number of benzene rings is 1. The number of rotatable bonds is 6. The Morgan fingerprint density at radius 1 is 1.15 bits per heavy atom. The van der Waals surface area contributed by atoms with Gasteiger partial charge in [0.1, 0.15) is 0 Å². The van der Waals surface area contributed by atoms with Crippen LogP contribution in [0.1, 0.15) is 5.56 Å². The predicted octanol–water partition coefficient (Wildman–Crippen LogP) is 2.89. The topological polar surface area (TPSA) is 43.4 Å². The molecule has 1 heterocycles. The molecule has 1 aromatic carbocycles. The molecule has 0 spiro atoms. The third-order valence-corrected chi connectivity index (χ3v) is 2.91. The maximum atomic E-state index is 13.4. The molecule has 0 fully saturated rings. The molecule has 0 saturated heterocycles. The van der Waals surface area contributed by atoms with E-state index in [0.717, 1.165) is 12.0 Å². The molecule has 20 heavy (non-hydrogen) atoms. The van der Waals surface area contributed by atoms with Gasteiger partial charge in [0, 0.05) is 12.7 Å². The molecule has 0 saturated carbocycles. The van der Waals surface area contributed by atoms with Crippen molar-refractivity contribution in [1.82, 2.24) is 4.98 Å². The Kier molecular flexibility index (Phi) is 4.76. The number of aromatic nitrogens is 1. The number of nitrogens with zero attached hydrogens (tertiary/aromatic N) is 1. The summed E-state index contributed by atoms with van der Waals surface area (Å²) >= 11 is 0. The first-order chi connectivity index (χ1) is 9.74. The molecule has 0 atom stereocenters. The maximum absolute atomic E-state index is 13.4. The van der Waals surface area contributed by atoms with Crippen LogP contribution in [-0.4, -0.2) is 25.7 Å². The Labute approximate surface area is 117 Å². The molecule has 0 aliphatic rings. The molecule has 2 rings (SSSR count). The van der Waals surface area contributed by atoms with E-state index in [1.165, 1.54) is 6.07 Å². The van der Waals surface area contributed by atoms with Gasteiger partial charge in [-0.05, 0) is 36.2 Å². The fraction of sp³-hybridized carbons (Fsp3) is 0.267. The van der Waals surface area contributed by atoms with E-state index >= 15 is 0 Å². The van der Waals surface area contributed by atoms with Crippen molar-refractivity contribution >= 4 is 5.82 Å². The largest absolute Gasteiger partial charge is 0.493 e. The summed E-state index contributed by atoms with van der Waals surface area (Å²) in [5.41, 5.74) is 1.08. The van der Waals surface area contributed by atoms with Crippen molar-refractivity contribution in [2.45, 2.75) is 6.42 Å². The van der Waals surface area contributed by atoms with E-state index in [1.807, 2.05) is 18.2 Å². The van der Waals surface area contributed by atoms with Crippen LogP contribution in [-0.2, 0) is 6.42 Å². The van der Waals surface area contributed by atoms with E-state index in [0.29, 0.717) is 18.0 Å². The zero-order chi connectivity index (χ0) is 14.4. The Morgan fingerprint density at radius 2 is 1.95 bits per heavy atom. The lowest BCUT2D eigenvalue weighted by molar-refractivity contribution is 0.354. The van der Waals surface area contributed by atoms with Crippen molar-refractivity contribution in [2.24, 2.45) is 0 Å². The molecule has 0 unspecified atom stereocenters. The van der Waals surface area contributed by atoms with Gasteiger partial charge in [-0.25, -0.2) is 9.37 Å². The first-order valence-corrected chi connectivity index (χ1v) is 6.30. The van der Waals surface area contributed by atoms with Gasteiger partial charge in [-0.1, -0.05) is 6.07 Å². The number of pyridine rings is 1. The van der Waals surface area contributed by atoms with Crippen molar-refractivity contribution < 1.29 is 13.9 Å². The fourth-order valence-electron chi connectivity index (χ4n) is 1.88. The normalized spacial score (nSPS) is 10.2. The second-order valence-electron chi connectivity index (χ2n) is 4.20. The smallest absolute Gasteiger partial charge is 0.165 e. The average Bonchev–Trinajstić information content (AvgIpc) is 2.49. The molecule has 0 bridgehead atoms. The van der Waals surface area contributed by atoms with Crippen LogP contribution >= 0.6 is 0 Å². The molecule has 1 aromatic heterocycles. The molecule has 0 aliphatic carbocycles. The van der Waals surface area contributed by atoms with Crippen LogP contribution in [0.25, 0.3) is 0 Å². The van der Waals surface area contributed by atoms with Gasteiger partial charge in [0.2, 0.25) is 0 Å². The van der Waals surface area contributed by atoms with Crippen molar-refractivity contribution in [3.8, 4) is 11.5 Å². The minimum atomic E-state index is -0.347. The van der Waals surface area contributed by atoms with E-state index in [2.05, 4.69) is 10.3 Å². The molecule has 1 N–H and O–H groups in total. The second kappa shape index (κ2) is 6.75. The summed E-state index contributed by atoms with van der Waals surface area (Å²) in [4.78, 5) is 3.94. The van der Waals surface area contributed by atoms with Crippen molar-refractivity contribution in [3.63, 3.8) is 0 Å². The fourth-order valence-corrected chi connectivity index (χ4v) is 1.88. The SMILES string of the molecule is COc1ccc(CCNc2ncccc2F)cc1OC. The van der Waals surface area contributed by atoms with Gasteiger partial charge in [-0.2, -0.15) is 0 Å². The summed E-state index contributed by atoms with van der Waals surface area (Å²) in [6.07, 6.45) is 2.29. The third-order valence-electron chi connectivity index (χ3n) is 2.91. The molecule has 4 nitrogen and oxygen atoms in total. The first-order valence-electron chi connectivity index (χ1n) is 6.30. The number of hydrogen-bond acceptors (Lipinski definition) is 4. The lowest BCUT2D eigenvalue weighted by Crippen LogP contribution is -2.08. The summed E-state index contributed by atoms with van der Waals surface area (Å²) in [5, 5.41) is 2.97. The van der Waals surface area contributed by atoms with Crippen LogP contribution in [0.4, 0.5) is 10.2 Å². The van der Waals surface area contributed by atoms with Crippen LogP contribution in [0.15, 0.2) is 36.5 Å². The number of hydrogen-bond donors (Lipinski definition) is 1. The lowest BCUT2D eigenvalue weighted by Gasteiger charge is -2.10. The zero-order valence-electron chi connectivity index (χ0n) is 11.5. The highest BCUT2D eigenvalue weighted by molar-refractivity contribution is 5.43. The van der Waals surface area contributed by atoms with Crippen molar-refractivity contribution in [3.05, 3.63) is 47.9 Å². The van der Waals surface area contributed by atoms with Gasteiger partial charge in [0.05, 0.1) is 14.2 Å². The minimum Gasteiger partial charge on any atom is -0.493 e. The standard InChI is InChI=1S/C15H17FN2O2/c1-19-13-6-5-11(10-14(13)20-2)7-9-18-15-12(16)4-3-8-17-15/h3-6,8,10H,7,9H2,1-2H3,(H,17,18). The van der Waals surface area contributed by atoms with Crippen LogP contribution in [0.3, 0.4) is 0 Å². The summed E-state index contributed by atoms with van der Waals surface area (Å²) < 4.78 is 23.8. The van der Waals surface area contributed by atoms with Gasteiger partial charge >= 0.3 is 0 Å². The first kappa shape index (κ1) is 14.1. The molecule has 0 radical (unpaired) electrons. The molecule has 2 aromatic rings. The molecular formula is C15H17FN2O2. The average molecular weight is 276 g/mol. The summed E-state index contributed by atoms with van der Waals surface area (Å²) in [5.74, 6) is 1.31. The molecule has 0 aliphatic heterocycles. The van der Waals surface area contributed by atoms with Gasteiger partial charge in [-0.15, -0.1) is 0 Å². The minimum absolute atomic E-state index is 0.271. The molecular weight excluding hydrogens is 259 g/mol. The molecule has 106 valence electrons. The lowest BCUT2D eigenvalue weighted by atomic mass is 10.1. The van der Waals surface area contributed by atoms with E-state index in [4.69, 9.17) is 9.47 Å². The van der Waals surface area contributed by atoms with Crippen molar-refractivity contribution in [2.75, 3.05) is 26.1 Å². The quantitative estimate of drug-likeness (QED) is 0.881. The Hall–Kier alpha value is -2.30. The molecule has 0 amide bonds. The monoisotopic (exact) mass is 276 g/mol.